The number of hydrogen-bond donors (Lipinski definition) is 3. The standard InChI is InChI=1S/C12H16N2O5/c1-3-6-12(7(2)4-5-8(15)16)9(17)13-11(19)14-10(12)18/h3,7H,1,4-6H2,2H3,(H,15,16)(H2,13,14,17,18,19). The largest absolute Gasteiger partial charge is 0.481 e. The first-order valence-corrected chi connectivity index (χ1v) is 5.84. The molecule has 0 aromatic rings. The zero-order valence-electron chi connectivity index (χ0n) is 10.6. The summed E-state index contributed by atoms with van der Waals surface area (Å²) in [6, 6.07) is -0.861. The van der Waals surface area contributed by atoms with Crippen molar-refractivity contribution >= 4 is 23.8 Å². The molecule has 0 spiro atoms. The first-order valence-electron chi connectivity index (χ1n) is 5.84. The van der Waals surface area contributed by atoms with Crippen LogP contribution in [0.4, 0.5) is 4.79 Å². The molecular weight excluding hydrogens is 252 g/mol. The van der Waals surface area contributed by atoms with Crippen molar-refractivity contribution in [2.75, 3.05) is 0 Å². The van der Waals surface area contributed by atoms with Gasteiger partial charge in [0.15, 0.2) is 0 Å². The van der Waals surface area contributed by atoms with Gasteiger partial charge < -0.3 is 5.11 Å². The summed E-state index contributed by atoms with van der Waals surface area (Å²) in [6.07, 6.45) is 1.44. The molecule has 0 aromatic heterocycles. The Bertz CT molecular complexity index is 423. The van der Waals surface area contributed by atoms with Crippen LogP contribution in [0.2, 0.25) is 0 Å². The molecule has 7 heteroatoms. The van der Waals surface area contributed by atoms with Gasteiger partial charge in [-0.15, -0.1) is 6.58 Å². The van der Waals surface area contributed by atoms with Crippen molar-refractivity contribution in [1.82, 2.24) is 10.6 Å². The van der Waals surface area contributed by atoms with Crippen molar-refractivity contribution in [2.45, 2.75) is 26.2 Å². The van der Waals surface area contributed by atoms with Crippen LogP contribution in [0.3, 0.4) is 0 Å². The van der Waals surface area contributed by atoms with E-state index in [0.717, 1.165) is 0 Å². The Morgan fingerprint density at radius 3 is 2.32 bits per heavy atom. The number of carbonyl (C=O) groups excluding carboxylic acids is 3. The highest BCUT2D eigenvalue weighted by molar-refractivity contribution is 6.19. The minimum atomic E-state index is -1.48. The monoisotopic (exact) mass is 268 g/mol. The highest BCUT2D eigenvalue weighted by Gasteiger charge is 2.52. The number of imide groups is 2. The quantitative estimate of drug-likeness (QED) is 0.477. The molecule has 1 aliphatic heterocycles. The van der Waals surface area contributed by atoms with Crippen LogP contribution in [-0.4, -0.2) is 28.9 Å². The Morgan fingerprint density at radius 2 is 1.89 bits per heavy atom. The second-order valence-corrected chi connectivity index (χ2v) is 4.53. The van der Waals surface area contributed by atoms with Crippen LogP contribution in [0.25, 0.3) is 0 Å². The molecule has 1 heterocycles. The lowest BCUT2D eigenvalue weighted by molar-refractivity contribution is -0.149. The summed E-state index contributed by atoms with van der Waals surface area (Å²) in [5, 5.41) is 12.8. The van der Waals surface area contributed by atoms with E-state index in [1.165, 1.54) is 6.08 Å². The summed E-state index contributed by atoms with van der Waals surface area (Å²) in [6.45, 7) is 5.12. The maximum atomic E-state index is 12.0. The molecule has 0 radical (unpaired) electrons. The summed E-state index contributed by atoms with van der Waals surface area (Å²) >= 11 is 0. The lowest BCUT2D eigenvalue weighted by Crippen LogP contribution is -2.64. The molecule has 1 fully saturated rings. The van der Waals surface area contributed by atoms with Gasteiger partial charge >= 0.3 is 12.0 Å². The number of carboxylic acids is 1. The fourth-order valence-electron chi connectivity index (χ4n) is 2.21. The molecule has 0 aromatic carbocycles. The zero-order chi connectivity index (χ0) is 14.6. The number of barbiturate groups is 1. The number of aliphatic carboxylic acids is 1. The number of nitrogens with one attached hydrogen (secondary N) is 2. The van der Waals surface area contributed by atoms with Crippen molar-refractivity contribution in [2.24, 2.45) is 11.3 Å². The van der Waals surface area contributed by atoms with Gasteiger partial charge in [-0.3, -0.25) is 25.0 Å². The zero-order valence-corrected chi connectivity index (χ0v) is 10.6. The normalized spacial score (nSPS) is 19.3. The first-order chi connectivity index (χ1) is 8.84. The molecular formula is C12H16N2O5. The average molecular weight is 268 g/mol. The molecule has 0 saturated carbocycles. The Hall–Kier alpha value is -2.18. The number of carbonyl (C=O) groups is 4. The van der Waals surface area contributed by atoms with Crippen LogP contribution >= 0.6 is 0 Å². The van der Waals surface area contributed by atoms with Crippen molar-refractivity contribution in [3.05, 3.63) is 12.7 Å². The summed E-state index contributed by atoms with van der Waals surface area (Å²) < 4.78 is 0. The van der Waals surface area contributed by atoms with E-state index in [1.54, 1.807) is 6.92 Å². The first kappa shape index (κ1) is 14.9. The molecule has 1 saturated heterocycles. The Balaban J connectivity index is 3.04. The predicted molar refractivity (Wildman–Crippen MR) is 65.0 cm³/mol. The lowest BCUT2D eigenvalue weighted by atomic mass is 9.69. The Morgan fingerprint density at radius 1 is 1.37 bits per heavy atom. The summed E-state index contributed by atoms with van der Waals surface area (Å²) in [4.78, 5) is 45.7. The molecule has 4 amide bonds. The third-order valence-corrected chi connectivity index (χ3v) is 3.36. The molecule has 19 heavy (non-hydrogen) atoms. The fourth-order valence-corrected chi connectivity index (χ4v) is 2.21. The molecule has 3 N–H and O–H groups in total. The summed E-state index contributed by atoms with van der Waals surface area (Å²) in [5.41, 5.74) is -1.48. The summed E-state index contributed by atoms with van der Waals surface area (Å²) in [7, 11) is 0. The molecule has 0 aliphatic carbocycles. The van der Waals surface area contributed by atoms with Crippen molar-refractivity contribution in [1.29, 1.82) is 0 Å². The van der Waals surface area contributed by atoms with E-state index >= 15 is 0 Å². The maximum absolute atomic E-state index is 12.0. The number of amides is 4. The van der Waals surface area contributed by atoms with Gasteiger partial charge in [-0.05, 0) is 18.8 Å². The minimum Gasteiger partial charge on any atom is -0.481 e. The number of allylic oxidation sites excluding steroid dienone is 1. The van der Waals surface area contributed by atoms with Crippen molar-refractivity contribution in [3.8, 4) is 0 Å². The predicted octanol–water partition coefficient (Wildman–Crippen LogP) is 0.416. The fraction of sp³-hybridized carbons (Fsp3) is 0.500. The van der Waals surface area contributed by atoms with E-state index in [1.807, 2.05) is 10.6 Å². The average Bonchev–Trinajstić information content (AvgIpc) is 2.30. The van der Waals surface area contributed by atoms with Gasteiger partial charge in [0.1, 0.15) is 5.41 Å². The topological polar surface area (TPSA) is 113 Å². The lowest BCUT2D eigenvalue weighted by Gasteiger charge is -2.37. The number of rotatable bonds is 6. The molecule has 1 aliphatic rings. The van der Waals surface area contributed by atoms with Gasteiger partial charge in [-0.1, -0.05) is 13.0 Å². The SMILES string of the molecule is C=CCC1(C(C)CCC(=O)O)C(=O)NC(=O)NC1=O. The van der Waals surface area contributed by atoms with E-state index in [-0.39, 0.29) is 19.3 Å². The second-order valence-electron chi connectivity index (χ2n) is 4.53. The third-order valence-electron chi connectivity index (χ3n) is 3.36. The van der Waals surface area contributed by atoms with E-state index < -0.39 is 35.1 Å². The van der Waals surface area contributed by atoms with Gasteiger partial charge in [0.25, 0.3) is 0 Å². The molecule has 104 valence electrons. The van der Waals surface area contributed by atoms with Crippen LogP contribution in [0, 0.1) is 11.3 Å². The van der Waals surface area contributed by atoms with Gasteiger partial charge in [0.05, 0.1) is 0 Å². The van der Waals surface area contributed by atoms with Gasteiger partial charge in [-0.2, -0.15) is 0 Å². The van der Waals surface area contributed by atoms with Crippen LogP contribution < -0.4 is 10.6 Å². The van der Waals surface area contributed by atoms with Gasteiger partial charge in [-0.25, -0.2) is 4.79 Å². The Kier molecular flexibility index (Phi) is 4.42. The van der Waals surface area contributed by atoms with Crippen LogP contribution in [0.5, 0.6) is 0 Å². The highest BCUT2D eigenvalue weighted by Crippen LogP contribution is 2.37. The molecule has 0 bridgehead atoms. The van der Waals surface area contributed by atoms with E-state index in [4.69, 9.17) is 5.11 Å². The van der Waals surface area contributed by atoms with Gasteiger partial charge in [0.2, 0.25) is 11.8 Å². The van der Waals surface area contributed by atoms with Crippen molar-refractivity contribution < 1.29 is 24.3 Å². The number of hydrogen-bond acceptors (Lipinski definition) is 4. The number of carboxylic acid groups (broad SMARTS) is 1. The summed E-state index contributed by atoms with van der Waals surface area (Å²) in [5.74, 6) is -2.96. The minimum absolute atomic E-state index is 0.0404. The van der Waals surface area contributed by atoms with E-state index in [9.17, 15) is 19.2 Å². The van der Waals surface area contributed by atoms with Crippen LogP contribution in [0.1, 0.15) is 26.2 Å². The third kappa shape index (κ3) is 2.81. The van der Waals surface area contributed by atoms with Crippen molar-refractivity contribution in [3.63, 3.8) is 0 Å². The smallest absolute Gasteiger partial charge is 0.328 e. The maximum Gasteiger partial charge on any atom is 0.328 e. The molecule has 1 atom stereocenters. The Labute approximate surface area is 110 Å². The molecule has 1 rings (SSSR count). The number of urea groups is 1. The second kappa shape index (κ2) is 5.64. The van der Waals surface area contributed by atoms with Crippen LogP contribution in [0.15, 0.2) is 12.7 Å². The van der Waals surface area contributed by atoms with Crippen LogP contribution in [-0.2, 0) is 14.4 Å². The highest BCUT2D eigenvalue weighted by atomic mass is 16.4. The van der Waals surface area contributed by atoms with Gasteiger partial charge in [0, 0.05) is 6.42 Å². The van der Waals surface area contributed by atoms with E-state index in [2.05, 4.69) is 6.58 Å². The molecule has 1 unspecified atom stereocenters. The molecule has 7 nitrogen and oxygen atoms in total. The van der Waals surface area contributed by atoms with E-state index in [0.29, 0.717) is 0 Å².